The van der Waals surface area contributed by atoms with Crippen molar-refractivity contribution < 1.29 is 28.9 Å². The molecule has 6 nitrogen and oxygen atoms in total. The molecule has 2 rings (SSSR count). The Hall–Kier alpha value is -3.54. The van der Waals surface area contributed by atoms with E-state index in [1.807, 2.05) is 12.1 Å². The van der Waals surface area contributed by atoms with E-state index in [0.29, 0.717) is 29.4 Å². The van der Waals surface area contributed by atoms with Crippen molar-refractivity contribution in [1.29, 1.82) is 0 Å². The Balaban J connectivity index is 1.85. The highest BCUT2D eigenvalue weighted by Crippen LogP contribution is 2.29. The third-order valence-corrected chi connectivity index (χ3v) is 5.42. The second-order valence-electron chi connectivity index (χ2n) is 8.23. The van der Waals surface area contributed by atoms with E-state index in [9.17, 15) is 14.7 Å². The standard InChI is InChI=1S/C29H36O6/c1-4-5-6-7-8-9-18-35-27-17-13-23(20-29(27)34-3)11-15-25(31)21-24(30)14-10-22-12-16-26(32)28(19-22)33-2/h10-17,19-20,32H,4-9,18,21H2,1-3H3/b14-10+,15-11+. The molecule has 35 heavy (non-hydrogen) atoms. The number of ketones is 2. The van der Waals surface area contributed by atoms with Gasteiger partial charge in [-0.25, -0.2) is 0 Å². The second kappa shape index (κ2) is 15.4. The largest absolute Gasteiger partial charge is 0.504 e. The monoisotopic (exact) mass is 480 g/mol. The first kappa shape index (κ1) is 27.7. The van der Waals surface area contributed by atoms with Crippen LogP contribution in [0.5, 0.6) is 23.0 Å². The maximum atomic E-state index is 12.2. The van der Waals surface area contributed by atoms with Gasteiger partial charge in [-0.2, -0.15) is 0 Å². The minimum atomic E-state index is -0.317. The SMILES string of the molecule is CCCCCCCCOc1ccc(/C=C/C(=O)CC(=O)/C=C/c2ccc(O)c(OC)c2)cc1OC. The van der Waals surface area contributed by atoms with Crippen molar-refractivity contribution >= 4 is 23.7 Å². The topological polar surface area (TPSA) is 82.1 Å². The third kappa shape index (κ3) is 10.1. The van der Waals surface area contributed by atoms with E-state index in [1.165, 1.54) is 51.0 Å². The predicted octanol–water partition coefficient (Wildman–Crippen LogP) is 6.40. The molecule has 1 N–H and O–H groups in total. The van der Waals surface area contributed by atoms with Crippen molar-refractivity contribution in [3.8, 4) is 23.0 Å². The van der Waals surface area contributed by atoms with Crippen molar-refractivity contribution in [2.45, 2.75) is 51.9 Å². The highest BCUT2D eigenvalue weighted by atomic mass is 16.5. The molecule has 0 atom stereocenters. The van der Waals surface area contributed by atoms with Gasteiger partial charge < -0.3 is 19.3 Å². The van der Waals surface area contributed by atoms with E-state index < -0.39 is 0 Å². The summed E-state index contributed by atoms with van der Waals surface area (Å²) < 4.78 is 16.3. The molecule has 0 heterocycles. The van der Waals surface area contributed by atoms with Gasteiger partial charge in [0.15, 0.2) is 34.6 Å². The van der Waals surface area contributed by atoms with Gasteiger partial charge in [-0.1, -0.05) is 63.3 Å². The first-order chi connectivity index (χ1) is 17.0. The predicted molar refractivity (Wildman–Crippen MR) is 139 cm³/mol. The van der Waals surface area contributed by atoms with Crippen LogP contribution >= 0.6 is 0 Å². The molecule has 0 spiro atoms. The molecule has 0 radical (unpaired) electrons. The molecule has 2 aromatic carbocycles. The summed E-state index contributed by atoms with van der Waals surface area (Å²) in [5.74, 6) is 0.996. The fourth-order valence-corrected chi connectivity index (χ4v) is 3.44. The average molecular weight is 481 g/mol. The number of benzene rings is 2. The number of phenolic OH excluding ortho intramolecular Hbond substituents is 1. The Morgan fingerprint density at radius 2 is 1.34 bits per heavy atom. The lowest BCUT2D eigenvalue weighted by Crippen LogP contribution is -2.02. The first-order valence-corrected chi connectivity index (χ1v) is 12.1. The summed E-state index contributed by atoms with van der Waals surface area (Å²) in [5.41, 5.74) is 1.46. The van der Waals surface area contributed by atoms with Gasteiger partial charge in [0.1, 0.15) is 0 Å². The van der Waals surface area contributed by atoms with Crippen molar-refractivity contribution in [3.63, 3.8) is 0 Å². The quantitative estimate of drug-likeness (QED) is 0.170. The molecule has 0 fully saturated rings. The zero-order valence-corrected chi connectivity index (χ0v) is 20.9. The van der Waals surface area contributed by atoms with Crippen LogP contribution < -0.4 is 14.2 Å². The smallest absolute Gasteiger partial charge is 0.163 e. The normalized spacial score (nSPS) is 11.2. The second-order valence-corrected chi connectivity index (χ2v) is 8.23. The van der Waals surface area contributed by atoms with Crippen LogP contribution in [-0.4, -0.2) is 37.5 Å². The summed E-state index contributed by atoms with van der Waals surface area (Å²) in [7, 11) is 3.03. The summed E-state index contributed by atoms with van der Waals surface area (Å²) in [6.07, 6.45) is 12.9. The molecular formula is C29H36O6. The van der Waals surface area contributed by atoms with E-state index in [2.05, 4.69) is 6.92 Å². The minimum Gasteiger partial charge on any atom is -0.504 e. The van der Waals surface area contributed by atoms with Crippen LogP contribution in [0.25, 0.3) is 12.2 Å². The van der Waals surface area contributed by atoms with Crippen LogP contribution in [0.2, 0.25) is 0 Å². The van der Waals surface area contributed by atoms with Crippen molar-refractivity contribution in [2.24, 2.45) is 0 Å². The molecule has 0 aromatic heterocycles. The van der Waals surface area contributed by atoms with Crippen molar-refractivity contribution in [2.75, 3.05) is 20.8 Å². The number of allylic oxidation sites excluding steroid dienone is 2. The molecule has 6 heteroatoms. The molecule has 0 bridgehead atoms. The number of aromatic hydroxyl groups is 1. The molecule has 0 saturated carbocycles. The highest BCUT2D eigenvalue weighted by Gasteiger charge is 2.07. The summed E-state index contributed by atoms with van der Waals surface area (Å²) >= 11 is 0. The Labute approximate surface area is 208 Å². The zero-order valence-electron chi connectivity index (χ0n) is 20.9. The molecule has 0 unspecified atom stereocenters. The van der Waals surface area contributed by atoms with Crippen LogP contribution in [-0.2, 0) is 9.59 Å². The fraction of sp³-hybridized carbons (Fsp3) is 0.379. The minimum absolute atomic E-state index is 0.0188. The van der Waals surface area contributed by atoms with Gasteiger partial charge in [0, 0.05) is 0 Å². The Morgan fingerprint density at radius 3 is 1.97 bits per heavy atom. The third-order valence-electron chi connectivity index (χ3n) is 5.42. The lowest BCUT2D eigenvalue weighted by Gasteiger charge is -2.11. The Kier molecular flexibility index (Phi) is 12.2. The van der Waals surface area contributed by atoms with E-state index in [0.717, 1.165) is 18.4 Å². The summed E-state index contributed by atoms with van der Waals surface area (Å²) in [4.78, 5) is 24.4. The van der Waals surface area contributed by atoms with Gasteiger partial charge in [0.25, 0.3) is 0 Å². The van der Waals surface area contributed by atoms with Crippen LogP contribution in [0.15, 0.2) is 48.6 Å². The summed E-state index contributed by atoms with van der Waals surface area (Å²) in [6.45, 7) is 2.85. The molecule has 0 amide bonds. The van der Waals surface area contributed by atoms with Gasteiger partial charge >= 0.3 is 0 Å². The lowest BCUT2D eigenvalue weighted by atomic mass is 10.1. The number of unbranched alkanes of at least 4 members (excludes halogenated alkanes) is 5. The van der Waals surface area contributed by atoms with Gasteiger partial charge in [0.2, 0.25) is 0 Å². The number of hydrogen-bond acceptors (Lipinski definition) is 6. The van der Waals surface area contributed by atoms with Crippen molar-refractivity contribution in [1.82, 2.24) is 0 Å². The number of carbonyl (C=O) groups is 2. The van der Waals surface area contributed by atoms with Gasteiger partial charge in [0.05, 0.1) is 27.2 Å². The fourth-order valence-electron chi connectivity index (χ4n) is 3.44. The van der Waals surface area contributed by atoms with Gasteiger partial charge in [-0.05, 0) is 54.0 Å². The molecule has 0 aliphatic heterocycles. The van der Waals surface area contributed by atoms with Crippen LogP contribution in [0.4, 0.5) is 0 Å². The van der Waals surface area contributed by atoms with Crippen LogP contribution in [0, 0.1) is 0 Å². The molecule has 0 aliphatic carbocycles. The molecule has 188 valence electrons. The zero-order chi connectivity index (χ0) is 25.5. The molecule has 0 saturated heterocycles. The Morgan fingerprint density at radius 1 is 0.771 bits per heavy atom. The molecule has 0 aliphatic rings. The first-order valence-electron chi connectivity index (χ1n) is 12.1. The number of rotatable bonds is 16. The number of hydrogen-bond donors (Lipinski definition) is 1. The number of carbonyl (C=O) groups excluding carboxylic acids is 2. The van der Waals surface area contributed by atoms with Crippen LogP contribution in [0.1, 0.15) is 63.0 Å². The number of ether oxygens (including phenoxy) is 3. The number of phenols is 1. The maximum absolute atomic E-state index is 12.2. The highest BCUT2D eigenvalue weighted by molar-refractivity contribution is 6.10. The Bertz CT molecular complexity index is 1020. The van der Waals surface area contributed by atoms with E-state index in [-0.39, 0.29) is 23.7 Å². The van der Waals surface area contributed by atoms with E-state index in [4.69, 9.17) is 14.2 Å². The summed E-state index contributed by atoms with van der Waals surface area (Å²) in [5, 5.41) is 9.63. The van der Waals surface area contributed by atoms with E-state index in [1.54, 1.807) is 37.5 Å². The van der Waals surface area contributed by atoms with Gasteiger partial charge in [-0.15, -0.1) is 0 Å². The average Bonchev–Trinajstić information content (AvgIpc) is 2.86. The number of methoxy groups -OCH3 is 2. The lowest BCUT2D eigenvalue weighted by molar-refractivity contribution is -0.121. The van der Waals surface area contributed by atoms with Gasteiger partial charge in [-0.3, -0.25) is 9.59 Å². The van der Waals surface area contributed by atoms with E-state index >= 15 is 0 Å². The molecular weight excluding hydrogens is 444 g/mol. The van der Waals surface area contributed by atoms with Crippen LogP contribution in [0.3, 0.4) is 0 Å². The molecule has 2 aromatic rings. The summed E-state index contributed by atoms with van der Waals surface area (Å²) in [6, 6.07) is 10.2. The maximum Gasteiger partial charge on any atom is 0.163 e. The van der Waals surface area contributed by atoms with Crippen molar-refractivity contribution in [3.05, 3.63) is 59.7 Å².